The first-order chi connectivity index (χ1) is 7.50. The highest BCUT2D eigenvalue weighted by atomic mass is 79.9. The van der Waals surface area contributed by atoms with Crippen molar-refractivity contribution in [2.24, 2.45) is 5.92 Å². The van der Waals surface area contributed by atoms with Crippen molar-refractivity contribution in [2.75, 3.05) is 0 Å². The quantitative estimate of drug-likeness (QED) is 0.667. The van der Waals surface area contributed by atoms with Crippen LogP contribution in [0.3, 0.4) is 0 Å². The minimum atomic E-state index is 0.217. The summed E-state index contributed by atoms with van der Waals surface area (Å²) in [5.74, 6) is 0.882. The van der Waals surface area contributed by atoms with E-state index in [2.05, 4.69) is 45.7 Å². The fourth-order valence-corrected chi connectivity index (χ4v) is 2.35. The summed E-state index contributed by atoms with van der Waals surface area (Å²) in [7, 11) is 0. The standard InChI is InChI=1S/C13H16Br2O/c1-9(2)4-3-5-13(16)11-8-10(14)6-7-12(11)15/h6-9H,3-5H2,1-2H3. The number of halogens is 2. The van der Waals surface area contributed by atoms with Gasteiger partial charge in [0.15, 0.2) is 5.78 Å². The van der Waals surface area contributed by atoms with Gasteiger partial charge in [-0.1, -0.05) is 52.1 Å². The van der Waals surface area contributed by atoms with E-state index in [1.165, 1.54) is 0 Å². The molecule has 0 amide bonds. The Hall–Kier alpha value is -0.150. The molecule has 0 unspecified atom stereocenters. The average molecular weight is 348 g/mol. The lowest BCUT2D eigenvalue weighted by atomic mass is 10.0. The second-order valence-electron chi connectivity index (χ2n) is 4.33. The van der Waals surface area contributed by atoms with E-state index in [9.17, 15) is 4.79 Å². The molecule has 0 aliphatic rings. The van der Waals surface area contributed by atoms with Crippen LogP contribution < -0.4 is 0 Å². The topological polar surface area (TPSA) is 17.1 Å². The van der Waals surface area contributed by atoms with E-state index < -0.39 is 0 Å². The van der Waals surface area contributed by atoms with Gasteiger partial charge in [0.1, 0.15) is 0 Å². The summed E-state index contributed by atoms with van der Waals surface area (Å²) in [4.78, 5) is 11.9. The van der Waals surface area contributed by atoms with Crippen LogP contribution in [0.4, 0.5) is 0 Å². The molecule has 0 saturated heterocycles. The number of hydrogen-bond acceptors (Lipinski definition) is 1. The molecule has 0 spiro atoms. The predicted molar refractivity (Wildman–Crippen MR) is 74.9 cm³/mol. The molecule has 0 aliphatic heterocycles. The molecule has 1 aromatic carbocycles. The Morgan fingerprint density at radius 2 is 2.00 bits per heavy atom. The Morgan fingerprint density at radius 3 is 2.62 bits per heavy atom. The third-order valence-electron chi connectivity index (χ3n) is 2.41. The van der Waals surface area contributed by atoms with Gasteiger partial charge in [-0.3, -0.25) is 4.79 Å². The molecular weight excluding hydrogens is 332 g/mol. The summed E-state index contributed by atoms with van der Waals surface area (Å²) in [5.41, 5.74) is 0.776. The molecule has 0 aliphatic carbocycles. The van der Waals surface area contributed by atoms with Crippen molar-refractivity contribution < 1.29 is 4.79 Å². The Labute approximate surface area is 114 Å². The van der Waals surface area contributed by atoms with E-state index >= 15 is 0 Å². The summed E-state index contributed by atoms with van der Waals surface area (Å²) in [6.45, 7) is 4.36. The molecule has 1 aromatic rings. The summed E-state index contributed by atoms with van der Waals surface area (Å²) in [6.07, 6.45) is 2.71. The van der Waals surface area contributed by atoms with Gasteiger partial charge in [0.05, 0.1) is 0 Å². The van der Waals surface area contributed by atoms with Gasteiger partial charge in [0.25, 0.3) is 0 Å². The van der Waals surface area contributed by atoms with Gasteiger partial charge in [-0.25, -0.2) is 0 Å². The van der Waals surface area contributed by atoms with Crippen molar-refractivity contribution in [3.63, 3.8) is 0 Å². The summed E-state index contributed by atoms with van der Waals surface area (Å²) in [6, 6.07) is 5.70. The largest absolute Gasteiger partial charge is 0.294 e. The lowest BCUT2D eigenvalue weighted by molar-refractivity contribution is 0.0977. The number of carbonyl (C=O) groups excluding carboxylic acids is 1. The highest BCUT2D eigenvalue weighted by molar-refractivity contribution is 9.11. The molecular formula is C13H16Br2O. The van der Waals surface area contributed by atoms with E-state index in [-0.39, 0.29) is 5.78 Å². The first kappa shape index (κ1) is 13.9. The molecule has 16 heavy (non-hydrogen) atoms. The van der Waals surface area contributed by atoms with Gasteiger partial charge in [-0.05, 0) is 30.5 Å². The van der Waals surface area contributed by atoms with Crippen LogP contribution in [-0.2, 0) is 0 Å². The van der Waals surface area contributed by atoms with E-state index in [1.54, 1.807) is 0 Å². The Balaban J connectivity index is 2.62. The van der Waals surface area contributed by atoms with E-state index in [0.717, 1.165) is 27.4 Å². The highest BCUT2D eigenvalue weighted by Gasteiger charge is 2.10. The minimum Gasteiger partial charge on any atom is -0.294 e. The Bertz CT molecular complexity index is 372. The van der Waals surface area contributed by atoms with Crippen molar-refractivity contribution in [2.45, 2.75) is 33.1 Å². The second-order valence-corrected chi connectivity index (χ2v) is 6.10. The number of ketones is 1. The fourth-order valence-electron chi connectivity index (χ4n) is 1.52. The smallest absolute Gasteiger partial charge is 0.164 e. The van der Waals surface area contributed by atoms with Gasteiger partial charge in [-0.2, -0.15) is 0 Å². The summed E-state index contributed by atoms with van der Waals surface area (Å²) >= 11 is 6.79. The Kier molecular flexibility index (Phi) is 5.70. The van der Waals surface area contributed by atoms with Crippen LogP contribution in [0.5, 0.6) is 0 Å². The number of benzene rings is 1. The van der Waals surface area contributed by atoms with Crippen LogP contribution in [0.2, 0.25) is 0 Å². The maximum absolute atomic E-state index is 11.9. The normalized spacial score (nSPS) is 10.8. The monoisotopic (exact) mass is 346 g/mol. The van der Waals surface area contributed by atoms with Crippen LogP contribution in [0.25, 0.3) is 0 Å². The zero-order valence-corrected chi connectivity index (χ0v) is 12.8. The molecule has 1 rings (SSSR count). The van der Waals surface area contributed by atoms with Crippen LogP contribution in [0.15, 0.2) is 27.1 Å². The summed E-state index contributed by atoms with van der Waals surface area (Å²) < 4.78 is 1.83. The molecule has 0 aromatic heterocycles. The van der Waals surface area contributed by atoms with Crippen molar-refractivity contribution in [1.29, 1.82) is 0 Å². The lowest BCUT2D eigenvalue weighted by Gasteiger charge is -2.06. The van der Waals surface area contributed by atoms with Crippen LogP contribution in [0, 0.1) is 5.92 Å². The summed E-state index contributed by atoms with van der Waals surface area (Å²) in [5, 5.41) is 0. The van der Waals surface area contributed by atoms with Crippen LogP contribution >= 0.6 is 31.9 Å². The van der Waals surface area contributed by atoms with Crippen LogP contribution in [0.1, 0.15) is 43.5 Å². The van der Waals surface area contributed by atoms with Crippen molar-refractivity contribution >= 4 is 37.6 Å². The van der Waals surface area contributed by atoms with Crippen molar-refractivity contribution in [1.82, 2.24) is 0 Å². The predicted octanol–water partition coefficient (Wildman–Crippen LogP) is 5.22. The van der Waals surface area contributed by atoms with Gasteiger partial charge in [-0.15, -0.1) is 0 Å². The van der Waals surface area contributed by atoms with E-state index in [1.807, 2.05) is 18.2 Å². The fraction of sp³-hybridized carbons (Fsp3) is 0.462. The van der Waals surface area contributed by atoms with Gasteiger partial charge < -0.3 is 0 Å². The first-order valence-corrected chi connectivity index (χ1v) is 7.07. The molecule has 0 saturated carbocycles. The molecule has 0 atom stereocenters. The molecule has 0 heterocycles. The second kappa shape index (κ2) is 6.55. The van der Waals surface area contributed by atoms with Crippen molar-refractivity contribution in [3.05, 3.63) is 32.7 Å². The Morgan fingerprint density at radius 1 is 1.31 bits per heavy atom. The van der Waals surface area contributed by atoms with E-state index in [4.69, 9.17) is 0 Å². The van der Waals surface area contributed by atoms with Gasteiger partial charge in [0.2, 0.25) is 0 Å². The number of rotatable bonds is 5. The number of hydrogen-bond donors (Lipinski definition) is 0. The average Bonchev–Trinajstić information content (AvgIpc) is 2.21. The first-order valence-electron chi connectivity index (χ1n) is 5.49. The minimum absolute atomic E-state index is 0.217. The number of Topliss-reactive ketones (excluding diaryl/α,β-unsaturated/α-hetero) is 1. The van der Waals surface area contributed by atoms with Gasteiger partial charge in [0, 0.05) is 20.9 Å². The zero-order chi connectivity index (χ0) is 12.1. The molecule has 0 bridgehead atoms. The zero-order valence-electron chi connectivity index (χ0n) is 9.59. The molecule has 0 radical (unpaired) electrons. The molecule has 1 nitrogen and oxygen atoms in total. The van der Waals surface area contributed by atoms with E-state index in [0.29, 0.717) is 12.3 Å². The van der Waals surface area contributed by atoms with Crippen LogP contribution in [-0.4, -0.2) is 5.78 Å². The maximum atomic E-state index is 11.9. The lowest BCUT2D eigenvalue weighted by Crippen LogP contribution is -2.01. The highest BCUT2D eigenvalue weighted by Crippen LogP contribution is 2.23. The molecule has 3 heteroatoms. The molecule has 0 N–H and O–H groups in total. The van der Waals surface area contributed by atoms with Crippen molar-refractivity contribution in [3.8, 4) is 0 Å². The SMILES string of the molecule is CC(C)CCCC(=O)c1cc(Br)ccc1Br. The molecule has 0 fully saturated rings. The maximum Gasteiger partial charge on any atom is 0.164 e. The third-order valence-corrected chi connectivity index (χ3v) is 3.60. The van der Waals surface area contributed by atoms with Gasteiger partial charge >= 0.3 is 0 Å². The molecule has 88 valence electrons. The number of carbonyl (C=O) groups is 1. The third kappa shape index (κ3) is 4.38.